The van der Waals surface area contributed by atoms with E-state index < -0.39 is 16.6 Å². The summed E-state index contributed by atoms with van der Waals surface area (Å²) in [5.74, 6) is 0.0464. The first-order valence-electron chi connectivity index (χ1n) is 10.0. The zero-order valence-electron chi connectivity index (χ0n) is 17.9. The maximum atomic E-state index is 9.72. The monoisotopic (exact) mass is 432 g/mol. The van der Waals surface area contributed by atoms with Gasteiger partial charge >= 0.3 is 0 Å². The molecule has 0 aliphatic carbocycles. The summed E-state index contributed by atoms with van der Waals surface area (Å²) in [6.45, 7) is 3.05. The van der Waals surface area contributed by atoms with Crippen molar-refractivity contribution in [2.24, 2.45) is 0 Å². The first-order chi connectivity index (χ1) is 14.3. The van der Waals surface area contributed by atoms with Crippen LogP contribution in [0.15, 0.2) is 0 Å². The summed E-state index contributed by atoms with van der Waals surface area (Å²) in [6.07, 6.45) is 1.11. The molecule has 1 aromatic rings. The highest BCUT2D eigenvalue weighted by atomic mass is 16.3. The van der Waals surface area contributed by atoms with Gasteiger partial charge < -0.3 is 46.6 Å². The molecule has 0 aromatic carbocycles. The Hall–Kier alpha value is -1.83. The third kappa shape index (κ3) is 6.09. The highest BCUT2D eigenvalue weighted by Crippen LogP contribution is 2.23. The van der Waals surface area contributed by atoms with Gasteiger partial charge in [-0.3, -0.25) is 0 Å². The van der Waals surface area contributed by atoms with Crippen molar-refractivity contribution in [2.45, 2.75) is 56.7 Å². The summed E-state index contributed by atoms with van der Waals surface area (Å²) in [4.78, 5) is 12.7. The van der Waals surface area contributed by atoms with Gasteiger partial charge in [0.25, 0.3) is 0 Å². The molecule has 1 rings (SSSR count). The molecule has 174 valence electrons. The Bertz CT molecular complexity index is 515. The highest BCUT2D eigenvalue weighted by molar-refractivity contribution is 5.46. The van der Waals surface area contributed by atoms with Gasteiger partial charge in [0.15, 0.2) is 0 Å². The van der Waals surface area contributed by atoms with E-state index in [0.717, 1.165) is 0 Å². The lowest BCUT2D eigenvalue weighted by Crippen LogP contribution is -2.48. The van der Waals surface area contributed by atoms with Crippen LogP contribution >= 0.6 is 0 Å². The van der Waals surface area contributed by atoms with Crippen LogP contribution in [0.25, 0.3) is 0 Å². The Labute approximate surface area is 176 Å². The quantitative estimate of drug-likeness (QED) is 0.156. The molecular weight excluding hydrogens is 396 g/mol. The average Bonchev–Trinajstić information content (AvgIpc) is 2.79. The van der Waals surface area contributed by atoms with Crippen LogP contribution in [-0.4, -0.2) is 102 Å². The molecule has 0 atom stereocenters. The minimum atomic E-state index is -1.08. The molecule has 0 radical (unpaired) electrons. The fraction of sp³-hybridized carbons (Fsp3) is 0.833. The number of nitrogens with one attached hydrogen (secondary N) is 3. The third-order valence-corrected chi connectivity index (χ3v) is 5.61. The number of anilines is 3. The molecule has 12 heteroatoms. The second-order valence-corrected chi connectivity index (χ2v) is 7.53. The number of hydrogen-bond acceptors (Lipinski definition) is 12. The Morgan fingerprint density at radius 1 is 0.500 bits per heavy atom. The van der Waals surface area contributed by atoms with Gasteiger partial charge in [-0.25, -0.2) is 0 Å². The number of aliphatic hydroxyl groups is 6. The molecule has 1 heterocycles. The Morgan fingerprint density at radius 3 is 0.833 bits per heavy atom. The van der Waals surface area contributed by atoms with Crippen LogP contribution in [0.4, 0.5) is 17.8 Å². The molecule has 0 fully saturated rings. The van der Waals surface area contributed by atoms with Gasteiger partial charge in [0.2, 0.25) is 17.8 Å². The van der Waals surface area contributed by atoms with Gasteiger partial charge in [0, 0.05) is 0 Å². The summed E-state index contributed by atoms with van der Waals surface area (Å²) in [5, 5.41) is 67.1. The third-order valence-electron chi connectivity index (χ3n) is 5.61. The average molecular weight is 433 g/mol. The van der Waals surface area contributed by atoms with E-state index in [1.807, 2.05) is 0 Å². The van der Waals surface area contributed by atoms with E-state index in [1.54, 1.807) is 20.8 Å². The number of nitrogens with zero attached hydrogens (tertiary/aromatic N) is 3. The Balaban J connectivity index is 3.43. The second-order valence-electron chi connectivity index (χ2n) is 7.53. The standard InChI is InChI=1S/C18H36N6O6/c1-4-16(7-25,8-26)22-13-19-14(23-17(5-2,9-27)10-28)21-15(20-13)24-18(6-3,11-29)12-30/h25-30H,4-12H2,1-3H3,(H3,19,20,21,22,23,24). The Kier molecular flexibility index (Phi) is 10.1. The van der Waals surface area contributed by atoms with Crippen molar-refractivity contribution in [3.05, 3.63) is 0 Å². The maximum absolute atomic E-state index is 9.72. The smallest absolute Gasteiger partial charge is 0.229 e. The van der Waals surface area contributed by atoms with E-state index in [0.29, 0.717) is 19.3 Å². The first kappa shape index (κ1) is 26.2. The first-order valence-corrected chi connectivity index (χ1v) is 10.0. The molecule has 0 saturated carbocycles. The van der Waals surface area contributed by atoms with Crippen molar-refractivity contribution in [2.75, 3.05) is 55.6 Å². The van der Waals surface area contributed by atoms with Crippen molar-refractivity contribution in [1.82, 2.24) is 15.0 Å². The van der Waals surface area contributed by atoms with Gasteiger partial charge in [-0.1, -0.05) is 20.8 Å². The van der Waals surface area contributed by atoms with E-state index in [2.05, 4.69) is 30.9 Å². The Morgan fingerprint density at radius 2 is 0.700 bits per heavy atom. The largest absolute Gasteiger partial charge is 0.394 e. The molecule has 0 unspecified atom stereocenters. The van der Waals surface area contributed by atoms with Crippen molar-refractivity contribution >= 4 is 17.8 Å². The molecule has 0 spiro atoms. The summed E-state index contributed by atoms with van der Waals surface area (Å²) >= 11 is 0. The van der Waals surface area contributed by atoms with E-state index in [-0.39, 0.29) is 57.5 Å². The van der Waals surface area contributed by atoms with Crippen molar-refractivity contribution in [3.8, 4) is 0 Å². The lowest BCUT2D eigenvalue weighted by atomic mass is 9.98. The molecule has 0 aliphatic heterocycles. The molecule has 1 aromatic heterocycles. The minimum absolute atomic E-state index is 0.0155. The van der Waals surface area contributed by atoms with Gasteiger partial charge in [0.05, 0.1) is 56.3 Å². The fourth-order valence-corrected chi connectivity index (χ4v) is 2.58. The van der Waals surface area contributed by atoms with Crippen LogP contribution in [0, 0.1) is 0 Å². The van der Waals surface area contributed by atoms with E-state index >= 15 is 0 Å². The molecule has 0 saturated heterocycles. The van der Waals surface area contributed by atoms with Crippen LogP contribution < -0.4 is 16.0 Å². The zero-order valence-corrected chi connectivity index (χ0v) is 17.9. The number of aliphatic hydroxyl groups excluding tert-OH is 6. The van der Waals surface area contributed by atoms with Crippen molar-refractivity contribution < 1.29 is 30.6 Å². The van der Waals surface area contributed by atoms with Crippen molar-refractivity contribution in [3.63, 3.8) is 0 Å². The van der Waals surface area contributed by atoms with Gasteiger partial charge in [-0.15, -0.1) is 0 Å². The zero-order chi connectivity index (χ0) is 22.8. The molecule has 9 N–H and O–H groups in total. The lowest BCUT2D eigenvalue weighted by Gasteiger charge is -2.33. The fourth-order valence-electron chi connectivity index (χ4n) is 2.58. The maximum Gasteiger partial charge on any atom is 0.229 e. The molecule has 12 nitrogen and oxygen atoms in total. The number of aromatic nitrogens is 3. The SMILES string of the molecule is CCC(CO)(CO)Nc1nc(NC(CC)(CO)CO)nc(NC(CC)(CO)CO)n1. The van der Waals surface area contributed by atoms with Crippen LogP contribution in [0.3, 0.4) is 0 Å². The van der Waals surface area contributed by atoms with Crippen LogP contribution in [-0.2, 0) is 0 Å². The predicted octanol–water partition coefficient (Wildman–Crippen LogP) is -1.49. The predicted molar refractivity (Wildman–Crippen MR) is 112 cm³/mol. The second kappa shape index (κ2) is 11.5. The van der Waals surface area contributed by atoms with Crippen LogP contribution in [0.2, 0.25) is 0 Å². The van der Waals surface area contributed by atoms with E-state index in [4.69, 9.17) is 0 Å². The van der Waals surface area contributed by atoms with Crippen LogP contribution in [0.5, 0.6) is 0 Å². The number of hydrogen-bond donors (Lipinski definition) is 9. The van der Waals surface area contributed by atoms with Gasteiger partial charge in [0.1, 0.15) is 0 Å². The minimum Gasteiger partial charge on any atom is -0.394 e. The van der Waals surface area contributed by atoms with E-state index in [1.165, 1.54) is 0 Å². The molecule has 30 heavy (non-hydrogen) atoms. The van der Waals surface area contributed by atoms with Crippen LogP contribution in [0.1, 0.15) is 40.0 Å². The summed E-state index contributed by atoms with van der Waals surface area (Å²) < 4.78 is 0. The molecule has 0 amide bonds. The molecule has 0 bridgehead atoms. The summed E-state index contributed by atoms with van der Waals surface area (Å²) in [6, 6.07) is 0. The number of rotatable bonds is 15. The normalized spacial score (nSPS) is 12.7. The lowest BCUT2D eigenvalue weighted by molar-refractivity contribution is 0.130. The topological polar surface area (TPSA) is 196 Å². The summed E-state index contributed by atoms with van der Waals surface area (Å²) in [5.41, 5.74) is -3.25. The molecular formula is C18H36N6O6. The molecule has 0 aliphatic rings. The highest BCUT2D eigenvalue weighted by Gasteiger charge is 2.32. The van der Waals surface area contributed by atoms with Gasteiger partial charge in [-0.05, 0) is 19.3 Å². The van der Waals surface area contributed by atoms with Gasteiger partial charge in [-0.2, -0.15) is 15.0 Å². The summed E-state index contributed by atoms with van der Waals surface area (Å²) in [7, 11) is 0. The van der Waals surface area contributed by atoms with E-state index in [9.17, 15) is 30.6 Å². The van der Waals surface area contributed by atoms with Crippen molar-refractivity contribution in [1.29, 1.82) is 0 Å².